The summed E-state index contributed by atoms with van der Waals surface area (Å²) < 4.78 is 47.2. The van der Waals surface area contributed by atoms with Gasteiger partial charge in [0.05, 0.1) is 22.9 Å². The van der Waals surface area contributed by atoms with E-state index in [0.717, 1.165) is 5.56 Å². The number of ether oxygens (including phenoxy) is 1. The van der Waals surface area contributed by atoms with Crippen molar-refractivity contribution in [2.45, 2.75) is 23.3 Å². The first-order valence-corrected chi connectivity index (χ1v) is 11.1. The Morgan fingerprint density at radius 3 is 2.42 bits per heavy atom. The monoisotopic (exact) mass is 437 g/mol. The smallest absolute Gasteiger partial charge is 0.211 e. The van der Waals surface area contributed by atoms with Crippen LogP contribution < -0.4 is 10.2 Å². The molecule has 1 aromatic heterocycles. The molecular formula is C24H20FNO4S. The Hall–Kier alpha value is -3.45. The van der Waals surface area contributed by atoms with E-state index in [2.05, 4.69) is 0 Å². The molecule has 0 spiro atoms. The van der Waals surface area contributed by atoms with Crippen LogP contribution in [0.25, 0.3) is 10.9 Å². The molecule has 158 valence electrons. The molecule has 0 fully saturated rings. The summed E-state index contributed by atoms with van der Waals surface area (Å²) in [4.78, 5) is 12.9. The number of sulfone groups is 1. The van der Waals surface area contributed by atoms with Crippen LogP contribution in [0.3, 0.4) is 0 Å². The van der Waals surface area contributed by atoms with Gasteiger partial charge >= 0.3 is 0 Å². The maximum absolute atomic E-state index is 13.7. The van der Waals surface area contributed by atoms with E-state index in [0.29, 0.717) is 16.8 Å². The van der Waals surface area contributed by atoms with E-state index in [9.17, 15) is 17.6 Å². The van der Waals surface area contributed by atoms with Crippen LogP contribution in [0.1, 0.15) is 11.1 Å². The minimum atomic E-state index is -4.07. The number of fused-ring (bicyclic) bond motifs is 1. The summed E-state index contributed by atoms with van der Waals surface area (Å²) >= 11 is 0. The average molecular weight is 437 g/mol. The van der Waals surface area contributed by atoms with E-state index >= 15 is 0 Å². The van der Waals surface area contributed by atoms with Gasteiger partial charge in [-0.1, -0.05) is 29.8 Å². The highest BCUT2D eigenvalue weighted by Gasteiger charge is 2.24. The van der Waals surface area contributed by atoms with Gasteiger partial charge < -0.3 is 9.30 Å². The molecule has 0 radical (unpaired) electrons. The highest BCUT2D eigenvalue weighted by molar-refractivity contribution is 7.91. The van der Waals surface area contributed by atoms with Crippen molar-refractivity contribution in [3.63, 3.8) is 0 Å². The molecule has 0 unspecified atom stereocenters. The van der Waals surface area contributed by atoms with Gasteiger partial charge in [0.1, 0.15) is 16.5 Å². The van der Waals surface area contributed by atoms with Gasteiger partial charge in [-0.15, -0.1) is 0 Å². The van der Waals surface area contributed by atoms with Gasteiger partial charge in [-0.2, -0.15) is 0 Å². The predicted octanol–water partition coefficient (Wildman–Crippen LogP) is 4.34. The fraction of sp³-hybridized carbons (Fsp3) is 0.125. The van der Waals surface area contributed by atoms with E-state index in [1.165, 1.54) is 43.6 Å². The molecule has 0 aliphatic rings. The van der Waals surface area contributed by atoms with Gasteiger partial charge in [-0.25, -0.2) is 12.8 Å². The Bertz CT molecular complexity index is 1440. The zero-order chi connectivity index (χ0) is 22.2. The third-order valence-electron chi connectivity index (χ3n) is 5.12. The van der Waals surface area contributed by atoms with E-state index in [4.69, 9.17) is 4.74 Å². The second-order valence-corrected chi connectivity index (χ2v) is 9.20. The van der Waals surface area contributed by atoms with Crippen LogP contribution in [-0.4, -0.2) is 20.1 Å². The molecule has 0 aliphatic heterocycles. The van der Waals surface area contributed by atoms with Crippen LogP contribution in [0.15, 0.2) is 87.5 Å². The molecule has 1 heterocycles. The number of hydrogen-bond donors (Lipinski definition) is 0. The molecule has 0 saturated heterocycles. The number of methoxy groups -OCH3 is 1. The molecule has 7 heteroatoms. The molecule has 0 saturated carbocycles. The van der Waals surface area contributed by atoms with Gasteiger partial charge in [0.25, 0.3) is 0 Å². The fourth-order valence-corrected chi connectivity index (χ4v) is 4.84. The van der Waals surface area contributed by atoms with Crippen molar-refractivity contribution in [1.82, 2.24) is 4.57 Å². The Morgan fingerprint density at radius 2 is 1.74 bits per heavy atom. The van der Waals surface area contributed by atoms with Gasteiger partial charge in [0.15, 0.2) is 0 Å². The number of pyridine rings is 1. The molecule has 4 aromatic rings. The molecule has 0 N–H and O–H groups in total. The van der Waals surface area contributed by atoms with Crippen LogP contribution in [0.2, 0.25) is 0 Å². The molecule has 0 bridgehead atoms. The number of rotatable bonds is 5. The first-order chi connectivity index (χ1) is 14.8. The lowest BCUT2D eigenvalue weighted by molar-refractivity contribution is 0.415. The topological polar surface area (TPSA) is 65.4 Å². The van der Waals surface area contributed by atoms with Crippen LogP contribution in [-0.2, 0) is 16.4 Å². The van der Waals surface area contributed by atoms with Gasteiger partial charge in [0, 0.05) is 12.7 Å². The molecular weight excluding hydrogens is 417 g/mol. The van der Waals surface area contributed by atoms with Crippen LogP contribution in [0.4, 0.5) is 4.39 Å². The van der Waals surface area contributed by atoms with Crippen LogP contribution in [0, 0.1) is 12.7 Å². The summed E-state index contributed by atoms with van der Waals surface area (Å²) in [7, 11) is -2.60. The van der Waals surface area contributed by atoms with E-state index in [1.54, 1.807) is 41.0 Å². The Kier molecular flexibility index (Phi) is 5.37. The third-order valence-corrected chi connectivity index (χ3v) is 6.88. The summed E-state index contributed by atoms with van der Waals surface area (Å²) in [6.07, 6.45) is 1.33. The van der Waals surface area contributed by atoms with Gasteiger partial charge in [0.2, 0.25) is 15.3 Å². The Labute approximate surface area is 179 Å². The van der Waals surface area contributed by atoms with E-state index < -0.39 is 21.1 Å². The van der Waals surface area contributed by atoms with Crippen molar-refractivity contribution in [1.29, 1.82) is 0 Å². The number of nitrogens with zero attached hydrogens (tertiary/aromatic N) is 1. The summed E-state index contributed by atoms with van der Waals surface area (Å²) in [5, 5.41) is 0.212. The lowest BCUT2D eigenvalue weighted by Crippen LogP contribution is -2.19. The average Bonchev–Trinajstić information content (AvgIpc) is 2.75. The normalized spacial score (nSPS) is 11.6. The van der Waals surface area contributed by atoms with Crippen LogP contribution >= 0.6 is 0 Å². The molecule has 3 aromatic carbocycles. The first kappa shape index (κ1) is 20.8. The van der Waals surface area contributed by atoms with Crippen molar-refractivity contribution in [2.75, 3.05) is 7.11 Å². The number of benzene rings is 3. The highest BCUT2D eigenvalue weighted by atomic mass is 32.2. The van der Waals surface area contributed by atoms with Crippen molar-refractivity contribution >= 4 is 20.7 Å². The zero-order valence-electron chi connectivity index (χ0n) is 17.0. The molecule has 0 atom stereocenters. The highest BCUT2D eigenvalue weighted by Crippen LogP contribution is 2.25. The van der Waals surface area contributed by atoms with E-state index in [1.807, 2.05) is 6.92 Å². The van der Waals surface area contributed by atoms with Crippen molar-refractivity contribution in [3.05, 3.63) is 100 Å². The molecule has 4 rings (SSSR count). The molecule has 0 aliphatic carbocycles. The maximum Gasteiger partial charge on any atom is 0.211 e. The first-order valence-electron chi connectivity index (χ1n) is 9.57. The Morgan fingerprint density at radius 1 is 1.00 bits per heavy atom. The van der Waals surface area contributed by atoms with Crippen molar-refractivity contribution in [2.24, 2.45) is 0 Å². The van der Waals surface area contributed by atoms with Gasteiger partial charge in [-0.3, -0.25) is 4.79 Å². The number of aromatic nitrogens is 1. The van der Waals surface area contributed by atoms with Crippen LogP contribution in [0.5, 0.6) is 5.75 Å². The number of aryl methyl sites for hydroxylation is 1. The predicted molar refractivity (Wildman–Crippen MR) is 117 cm³/mol. The zero-order valence-corrected chi connectivity index (χ0v) is 17.8. The SMILES string of the molecule is COc1ccc2c(c1)c(=O)c(S(=O)(=O)c1ccc(C)cc1)cn2Cc1cccc(F)c1. The summed E-state index contributed by atoms with van der Waals surface area (Å²) in [5.41, 5.74) is 1.47. The summed E-state index contributed by atoms with van der Waals surface area (Å²) in [6.45, 7) is 2.04. The fourth-order valence-electron chi connectivity index (χ4n) is 3.48. The maximum atomic E-state index is 13.7. The van der Waals surface area contributed by atoms with E-state index in [-0.39, 0.29) is 21.7 Å². The number of hydrogen-bond acceptors (Lipinski definition) is 4. The Balaban J connectivity index is 1.98. The summed E-state index contributed by atoms with van der Waals surface area (Å²) in [6, 6.07) is 17.3. The minimum Gasteiger partial charge on any atom is -0.497 e. The minimum absolute atomic E-state index is 0.0368. The summed E-state index contributed by atoms with van der Waals surface area (Å²) in [5.74, 6) is 0.0452. The second kappa shape index (κ2) is 8.00. The van der Waals surface area contributed by atoms with Gasteiger partial charge in [-0.05, 0) is 55.0 Å². The second-order valence-electron chi connectivity index (χ2n) is 7.28. The lowest BCUT2D eigenvalue weighted by atomic mass is 10.1. The largest absolute Gasteiger partial charge is 0.497 e. The third kappa shape index (κ3) is 3.96. The standard InChI is InChI=1S/C24H20FNO4S/c1-16-6-9-20(10-7-16)31(28,29)23-15-26(14-17-4-3-5-18(25)12-17)22-11-8-19(30-2)13-21(22)24(23)27/h3-13,15H,14H2,1-2H3. The van der Waals surface area contributed by atoms with Crippen molar-refractivity contribution in [3.8, 4) is 5.75 Å². The molecule has 0 amide bonds. The molecule has 5 nitrogen and oxygen atoms in total. The number of halogens is 1. The quantitative estimate of drug-likeness (QED) is 0.466. The lowest BCUT2D eigenvalue weighted by Gasteiger charge is -2.15. The van der Waals surface area contributed by atoms with Crippen molar-refractivity contribution < 1.29 is 17.5 Å². The molecule has 31 heavy (non-hydrogen) atoms.